The molecule has 1 unspecified atom stereocenters. The molecule has 0 amide bonds. The molecule has 20 heavy (non-hydrogen) atoms. The number of rotatable bonds is 6. The van der Waals surface area contributed by atoms with Crippen molar-refractivity contribution < 1.29 is 0 Å². The lowest BCUT2D eigenvalue weighted by Crippen LogP contribution is -2.23. The van der Waals surface area contributed by atoms with E-state index in [1.54, 1.807) is 11.3 Å². The average Bonchev–Trinajstić information content (AvgIpc) is 2.98. The summed E-state index contributed by atoms with van der Waals surface area (Å²) in [6.45, 7) is 9.59. The summed E-state index contributed by atoms with van der Waals surface area (Å²) in [6, 6.07) is 0.154. The van der Waals surface area contributed by atoms with Gasteiger partial charge < -0.3 is 5.32 Å². The number of thiazole rings is 1. The second kappa shape index (κ2) is 6.50. The van der Waals surface area contributed by atoms with Gasteiger partial charge in [0.1, 0.15) is 5.01 Å². The van der Waals surface area contributed by atoms with Crippen LogP contribution in [0.15, 0.2) is 11.6 Å². The lowest BCUT2D eigenvalue weighted by molar-refractivity contribution is 0.591. The van der Waals surface area contributed by atoms with Crippen LogP contribution in [0.4, 0.5) is 0 Å². The van der Waals surface area contributed by atoms with Gasteiger partial charge in [-0.25, -0.2) is 4.98 Å². The van der Waals surface area contributed by atoms with E-state index in [0.29, 0.717) is 5.92 Å². The smallest absolute Gasteiger partial charge is 0.115 e. The van der Waals surface area contributed by atoms with E-state index in [9.17, 15) is 0 Å². The number of nitrogens with zero attached hydrogens (tertiary/aromatic N) is 3. The van der Waals surface area contributed by atoms with Gasteiger partial charge in [0.25, 0.3) is 0 Å². The quantitative estimate of drug-likeness (QED) is 0.887. The summed E-state index contributed by atoms with van der Waals surface area (Å²) in [5.74, 6) is 0.474. The Morgan fingerprint density at radius 3 is 2.65 bits per heavy atom. The molecule has 0 aliphatic rings. The molecule has 0 aliphatic carbocycles. The molecule has 1 N–H and O–H groups in total. The Balaban J connectivity index is 2.33. The highest BCUT2D eigenvalue weighted by Gasteiger charge is 2.21. The molecule has 110 valence electrons. The fourth-order valence-corrected chi connectivity index (χ4v) is 3.29. The van der Waals surface area contributed by atoms with Crippen LogP contribution >= 0.6 is 11.3 Å². The number of hydrogen-bond acceptors (Lipinski definition) is 4. The van der Waals surface area contributed by atoms with Crippen molar-refractivity contribution in [2.75, 3.05) is 6.54 Å². The van der Waals surface area contributed by atoms with Crippen LogP contribution in [-0.4, -0.2) is 21.3 Å². The van der Waals surface area contributed by atoms with Crippen LogP contribution in [0.3, 0.4) is 0 Å². The van der Waals surface area contributed by atoms with Gasteiger partial charge in [0.05, 0.1) is 17.4 Å². The normalized spacial score (nSPS) is 13.1. The number of aromatic nitrogens is 3. The predicted octanol–water partition coefficient (Wildman–Crippen LogP) is 3.40. The van der Waals surface area contributed by atoms with E-state index in [1.807, 2.05) is 11.7 Å². The fourth-order valence-electron chi connectivity index (χ4n) is 2.22. The van der Waals surface area contributed by atoms with Crippen LogP contribution in [-0.2, 0) is 7.05 Å². The standard InChI is InChI=1S/C15H24N4S/c1-6-7-16-14(12-8-19(5)18-11(12)4)15-17-13(9-20-15)10(2)3/h8-10,14,16H,6-7H2,1-5H3. The van der Waals surface area contributed by atoms with E-state index >= 15 is 0 Å². The second-order valence-electron chi connectivity index (χ2n) is 5.50. The number of hydrogen-bond donors (Lipinski definition) is 1. The molecule has 2 aromatic heterocycles. The molecule has 0 radical (unpaired) electrons. The maximum atomic E-state index is 4.81. The van der Waals surface area contributed by atoms with E-state index in [0.717, 1.165) is 23.7 Å². The molecule has 0 saturated heterocycles. The van der Waals surface area contributed by atoms with E-state index in [1.165, 1.54) is 11.3 Å². The minimum Gasteiger partial charge on any atom is -0.304 e. The molecule has 0 saturated carbocycles. The molecule has 1 atom stereocenters. The van der Waals surface area contributed by atoms with Gasteiger partial charge in [-0.2, -0.15) is 5.10 Å². The van der Waals surface area contributed by atoms with Gasteiger partial charge >= 0.3 is 0 Å². The largest absolute Gasteiger partial charge is 0.304 e. The third-order valence-electron chi connectivity index (χ3n) is 3.34. The van der Waals surface area contributed by atoms with E-state index in [4.69, 9.17) is 4.98 Å². The van der Waals surface area contributed by atoms with E-state index < -0.39 is 0 Å². The lowest BCUT2D eigenvalue weighted by atomic mass is 10.1. The van der Waals surface area contributed by atoms with Crippen LogP contribution in [0.5, 0.6) is 0 Å². The van der Waals surface area contributed by atoms with Crippen LogP contribution < -0.4 is 5.32 Å². The third-order valence-corrected chi connectivity index (χ3v) is 4.27. The van der Waals surface area contributed by atoms with Crippen molar-refractivity contribution in [1.29, 1.82) is 0 Å². The Hall–Kier alpha value is -1.20. The van der Waals surface area contributed by atoms with Gasteiger partial charge in [0.2, 0.25) is 0 Å². The van der Waals surface area contributed by atoms with Crippen LogP contribution in [0, 0.1) is 6.92 Å². The molecule has 2 aromatic rings. The van der Waals surface area contributed by atoms with E-state index in [-0.39, 0.29) is 6.04 Å². The van der Waals surface area contributed by atoms with E-state index in [2.05, 4.69) is 49.7 Å². The first-order valence-electron chi connectivity index (χ1n) is 7.21. The van der Waals surface area contributed by atoms with Crippen molar-refractivity contribution in [2.24, 2.45) is 7.05 Å². The number of nitrogens with one attached hydrogen (secondary N) is 1. The second-order valence-corrected chi connectivity index (χ2v) is 6.39. The summed E-state index contributed by atoms with van der Waals surface area (Å²) in [6.07, 6.45) is 3.21. The Morgan fingerprint density at radius 1 is 1.40 bits per heavy atom. The van der Waals surface area contributed by atoms with Crippen molar-refractivity contribution in [3.63, 3.8) is 0 Å². The first-order chi connectivity index (χ1) is 9.52. The van der Waals surface area contributed by atoms with Gasteiger partial charge in [0.15, 0.2) is 0 Å². The fraction of sp³-hybridized carbons (Fsp3) is 0.600. The Labute approximate surface area is 125 Å². The van der Waals surface area contributed by atoms with Crippen molar-refractivity contribution in [3.05, 3.63) is 33.5 Å². The van der Waals surface area contributed by atoms with Gasteiger partial charge in [-0.05, 0) is 25.8 Å². The van der Waals surface area contributed by atoms with Crippen LogP contribution in [0.2, 0.25) is 0 Å². The van der Waals surface area contributed by atoms with Gasteiger partial charge in [-0.3, -0.25) is 4.68 Å². The summed E-state index contributed by atoms with van der Waals surface area (Å²) in [5, 5.41) is 11.4. The van der Waals surface area contributed by atoms with Crippen molar-refractivity contribution in [2.45, 2.75) is 46.1 Å². The third kappa shape index (κ3) is 3.27. The van der Waals surface area contributed by atoms with Gasteiger partial charge in [-0.15, -0.1) is 11.3 Å². The molecule has 0 aromatic carbocycles. The van der Waals surface area contributed by atoms with Gasteiger partial charge in [-0.1, -0.05) is 20.8 Å². The molecule has 0 fully saturated rings. The topological polar surface area (TPSA) is 42.7 Å². The molecule has 0 spiro atoms. The van der Waals surface area contributed by atoms with Crippen LogP contribution in [0.1, 0.15) is 61.1 Å². The summed E-state index contributed by atoms with van der Waals surface area (Å²) < 4.78 is 1.88. The van der Waals surface area contributed by atoms with Crippen molar-refractivity contribution in [3.8, 4) is 0 Å². The zero-order valence-electron chi connectivity index (χ0n) is 13.0. The lowest BCUT2D eigenvalue weighted by Gasteiger charge is -2.15. The highest BCUT2D eigenvalue weighted by Crippen LogP contribution is 2.29. The molecule has 0 bridgehead atoms. The Bertz CT molecular complexity index is 556. The Morgan fingerprint density at radius 2 is 2.15 bits per heavy atom. The molecule has 0 aliphatic heterocycles. The number of aryl methyl sites for hydroxylation is 2. The van der Waals surface area contributed by atoms with Crippen LogP contribution in [0.25, 0.3) is 0 Å². The summed E-state index contributed by atoms with van der Waals surface area (Å²) in [5.41, 5.74) is 3.47. The highest BCUT2D eigenvalue weighted by atomic mass is 32.1. The highest BCUT2D eigenvalue weighted by molar-refractivity contribution is 7.09. The molecule has 4 nitrogen and oxygen atoms in total. The first-order valence-corrected chi connectivity index (χ1v) is 8.09. The van der Waals surface area contributed by atoms with Crippen molar-refractivity contribution >= 4 is 11.3 Å². The molecule has 2 rings (SSSR count). The maximum Gasteiger partial charge on any atom is 0.115 e. The monoisotopic (exact) mass is 292 g/mol. The SMILES string of the molecule is CCCNC(c1nc(C(C)C)cs1)c1cn(C)nc1C. The molecule has 2 heterocycles. The minimum absolute atomic E-state index is 0.154. The summed E-state index contributed by atoms with van der Waals surface area (Å²) in [7, 11) is 1.97. The molecular weight excluding hydrogens is 268 g/mol. The molecular formula is C15H24N4S. The minimum atomic E-state index is 0.154. The summed E-state index contributed by atoms with van der Waals surface area (Å²) >= 11 is 1.74. The zero-order valence-corrected chi connectivity index (χ0v) is 13.8. The zero-order chi connectivity index (χ0) is 14.7. The molecule has 5 heteroatoms. The van der Waals surface area contributed by atoms with Crippen molar-refractivity contribution in [1.82, 2.24) is 20.1 Å². The maximum absolute atomic E-state index is 4.81. The summed E-state index contributed by atoms with van der Waals surface area (Å²) in [4.78, 5) is 4.81. The average molecular weight is 292 g/mol. The van der Waals surface area contributed by atoms with Gasteiger partial charge in [0, 0.05) is 24.2 Å². The Kier molecular flexibility index (Phi) is 4.94. The predicted molar refractivity (Wildman–Crippen MR) is 84.3 cm³/mol. The first kappa shape index (κ1) is 15.2.